The second kappa shape index (κ2) is 4.02. The van der Waals surface area contributed by atoms with Crippen molar-refractivity contribution in [2.75, 3.05) is 0 Å². The number of nitrogens with zero attached hydrogens (tertiary/aromatic N) is 1. The molecule has 0 aliphatic carbocycles. The first kappa shape index (κ1) is 10.8. The predicted molar refractivity (Wildman–Crippen MR) is 56.7 cm³/mol. The summed E-state index contributed by atoms with van der Waals surface area (Å²) in [5, 5.41) is 9.16. The van der Waals surface area contributed by atoms with Crippen molar-refractivity contribution >= 4 is 28.7 Å². The van der Waals surface area contributed by atoms with E-state index >= 15 is 0 Å². The van der Waals surface area contributed by atoms with Crippen LogP contribution in [0.2, 0.25) is 5.02 Å². The van der Waals surface area contributed by atoms with Gasteiger partial charge in [0.2, 0.25) is 0 Å². The molecular formula is C10H8ClNO4. The molecule has 0 bridgehead atoms. The molecule has 0 spiro atoms. The van der Waals surface area contributed by atoms with Crippen LogP contribution < -0.4 is 4.74 Å². The van der Waals surface area contributed by atoms with E-state index in [1.165, 1.54) is 6.92 Å². The molecule has 0 fully saturated rings. The molecule has 2 rings (SSSR count). The fraction of sp³-hybridized carbons (Fsp3) is 0.200. The summed E-state index contributed by atoms with van der Waals surface area (Å²) in [6, 6.07) is 4.92. The van der Waals surface area contributed by atoms with E-state index in [1.807, 2.05) is 0 Å². The van der Waals surface area contributed by atoms with Gasteiger partial charge in [-0.1, -0.05) is 11.6 Å². The Kier molecular flexibility index (Phi) is 2.70. The van der Waals surface area contributed by atoms with Crippen molar-refractivity contribution in [3.05, 3.63) is 23.2 Å². The van der Waals surface area contributed by atoms with E-state index in [2.05, 4.69) is 4.98 Å². The summed E-state index contributed by atoms with van der Waals surface area (Å²) in [5.74, 6) is -1.08. The predicted octanol–water partition coefficient (Wildman–Crippen LogP) is 2.33. The summed E-state index contributed by atoms with van der Waals surface area (Å²) in [6.07, 6.45) is -1.09. The van der Waals surface area contributed by atoms with Crippen LogP contribution >= 0.6 is 11.6 Å². The van der Waals surface area contributed by atoms with Gasteiger partial charge in [-0.05, 0) is 19.1 Å². The number of aliphatic carboxylic acids is 1. The molecule has 1 aromatic carbocycles. The Morgan fingerprint density at radius 3 is 3.06 bits per heavy atom. The minimum atomic E-state index is -1.08. The third-order valence-electron chi connectivity index (χ3n) is 1.96. The first-order valence-corrected chi connectivity index (χ1v) is 4.89. The number of oxazole rings is 1. The number of aromatic nitrogens is 1. The highest BCUT2D eigenvalue weighted by Gasteiger charge is 2.16. The van der Waals surface area contributed by atoms with Gasteiger partial charge in [0.1, 0.15) is 5.52 Å². The smallest absolute Gasteiger partial charge is 0.395 e. The number of halogens is 1. The van der Waals surface area contributed by atoms with E-state index in [0.29, 0.717) is 16.1 Å². The van der Waals surface area contributed by atoms with Gasteiger partial charge < -0.3 is 14.3 Å². The SMILES string of the molecule is CC(Oc1nc2ccc(Cl)cc2o1)C(=O)O. The molecule has 0 radical (unpaired) electrons. The second-order valence-corrected chi connectivity index (χ2v) is 3.63. The van der Waals surface area contributed by atoms with Gasteiger partial charge in [0, 0.05) is 11.1 Å². The zero-order chi connectivity index (χ0) is 11.7. The van der Waals surface area contributed by atoms with Crippen LogP contribution in [-0.2, 0) is 4.79 Å². The lowest BCUT2D eigenvalue weighted by atomic mass is 10.3. The normalized spacial score (nSPS) is 12.6. The Bertz CT molecular complexity index is 537. The number of ether oxygens (including phenoxy) is 1. The molecule has 1 N–H and O–H groups in total. The lowest BCUT2D eigenvalue weighted by Crippen LogP contribution is -2.22. The van der Waals surface area contributed by atoms with Crippen LogP contribution in [0.25, 0.3) is 11.1 Å². The van der Waals surface area contributed by atoms with Gasteiger partial charge in [-0.15, -0.1) is 0 Å². The van der Waals surface area contributed by atoms with Gasteiger partial charge in [0.25, 0.3) is 0 Å². The monoisotopic (exact) mass is 241 g/mol. The summed E-state index contributed by atoms with van der Waals surface area (Å²) in [6.45, 7) is 1.39. The standard InChI is InChI=1S/C10H8ClNO4/c1-5(9(13)14)15-10-12-7-3-2-6(11)4-8(7)16-10/h2-5H,1H3,(H,13,14). The van der Waals surface area contributed by atoms with Crippen molar-refractivity contribution in [2.24, 2.45) is 0 Å². The van der Waals surface area contributed by atoms with Crippen LogP contribution in [0.15, 0.2) is 22.6 Å². The lowest BCUT2D eigenvalue weighted by Gasteiger charge is -2.04. The molecule has 2 aromatic rings. The molecule has 6 heteroatoms. The van der Waals surface area contributed by atoms with E-state index in [0.717, 1.165) is 0 Å². The molecule has 0 saturated heterocycles. The Morgan fingerprint density at radius 2 is 2.38 bits per heavy atom. The topological polar surface area (TPSA) is 72.6 Å². The average Bonchev–Trinajstić information content (AvgIpc) is 2.58. The molecule has 5 nitrogen and oxygen atoms in total. The summed E-state index contributed by atoms with van der Waals surface area (Å²) >= 11 is 5.76. The Hall–Kier alpha value is -1.75. The molecule has 1 aromatic heterocycles. The molecule has 1 atom stereocenters. The van der Waals surface area contributed by atoms with Crippen molar-refractivity contribution in [2.45, 2.75) is 13.0 Å². The van der Waals surface area contributed by atoms with Crippen LogP contribution in [0.1, 0.15) is 6.92 Å². The minimum absolute atomic E-state index is 0.0767. The highest BCUT2D eigenvalue weighted by atomic mass is 35.5. The molecule has 0 aliphatic heterocycles. The fourth-order valence-corrected chi connectivity index (χ4v) is 1.29. The van der Waals surface area contributed by atoms with E-state index in [-0.39, 0.29) is 6.08 Å². The summed E-state index contributed by atoms with van der Waals surface area (Å²) in [5.41, 5.74) is 1.03. The van der Waals surface area contributed by atoms with Crippen molar-refractivity contribution in [3.63, 3.8) is 0 Å². The van der Waals surface area contributed by atoms with Gasteiger partial charge in [0.15, 0.2) is 11.7 Å². The molecule has 1 heterocycles. The number of hydrogen-bond donors (Lipinski definition) is 1. The van der Waals surface area contributed by atoms with E-state index in [4.69, 9.17) is 25.9 Å². The Balaban J connectivity index is 2.29. The van der Waals surface area contributed by atoms with Crippen molar-refractivity contribution in [1.82, 2.24) is 4.98 Å². The highest BCUT2D eigenvalue weighted by Crippen LogP contribution is 2.24. The lowest BCUT2D eigenvalue weighted by molar-refractivity contribution is -0.144. The molecule has 0 aliphatic rings. The van der Waals surface area contributed by atoms with Crippen molar-refractivity contribution in [1.29, 1.82) is 0 Å². The largest absolute Gasteiger partial charge is 0.479 e. The average molecular weight is 242 g/mol. The van der Waals surface area contributed by atoms with Crippen LogP contribution in [-0.4, -0.2) is 22.2 Å². The highest BCUT2D eigenvalue weighted by molar-refractivity contribution is 6.31. The van der Waals surface area contributed by atoms with Gasteiger partial charge in [-0.2, -0.15) is 4.98 Å². The third-order valence-corrected chi connectivity index (χ3v) is 2.19. The summed E-state index contributed by atoms with van der Waals surface area (Å²) in [7, 11) is 0. The van der Waals surface area contributed by atoms with Gasteiger partial charge in [-0.3, -0.25) is 0 Å². The number of fused-ring (bicyclic) bond motifs is 1. The number of rotatable bonds is 3. The zero-order valence-corrected chi connectivity index (χ0v) is 9.06. The Labute approximate surface area is 95.6 Å². The fourth-order valence-electron chi connectivity index (χ4n) is 1.13. The third kappa shape index (κ3) is 2.09. The van der Waals surface area contributed by atoms with E-state index < -0.39 is 12.1 Å². The molecule has 16 heavy (non-hydrogen) atoms. The number of hydrogen-bond acceptors (Lipinski definition) is 4. The van der Waals surface area contributed by atoms with Crippen LogP contribution in [0.4, 0.5) is 0 Å². The maximum atomic E-state index is 10.6. The number of carboxylic acids is 1. The number of carboxylic acid groups (broad SMARTS) is 1. The first-order chi connectivity index (χ1) is 7.56. The number of carbonyl (C=O) groups is 1. The summed E-state index contributed by atoms with van der Waals surface area (Å²) in [4.78, 5) is 14.5. The maximum absolute atomic E-state index is 10.6. The molecule has 0 saturated carbocycles. The molecule has 1 unspecified atom stereocenters. The first-order valence-electron chi connectivity index (χ1n) is 4.52. The van der Waals surface area contributed by atoms with Gasteiger partial charge in [-0.25, -0.2) is 4.79 Å². The van der Waals surface area contributed by atoms with Crippen LogP contribution in [0.3, 0.4) is 0 Å². The molecule has 0 amide bonds. The quantitative estimate of drug-likeness (QED) is 0.893. The van der Waals surface area contributed by atoms with Crippen molar-refractivity contribution in [3.8, 4) is 6.08 Å². The maximum Gasteiger partial charge on any atom is 0.395 e. The van der Waals surface area contributed by atoms with Gasteiger partial charge >= 0.3 is 12.0 Å². The summed E-state index contributed by atoms with van der Waals surface area (Å²) < 4.78 is 10.2. The molecule has 84 valence electrons. The second-order valence-electron chi connectivity index (χ2n) is 3.19. The molecular weight excluding hydrogens is 234 g/mol. The number of benzene rings is 1. The van der Waals surface area contributed by atoms with Gasteiger partial charge in [0.05, 0.1) is 0 Å². The van der Waals surface area contributed by atoms with Crippen LogP contribution in [0, 0.1) is 0 Å². The minimum Gasteiger partial charge on any atom is -0.479 e. The van der Waals surface area contributed by atoms with E-state index in [1.54, 1.807) is 18.2 Å². The zero-order valence-electron chi connectivity index (χ0n) is 8.31. The Morgan fingerprint density at radius 1 is 1.62 bits per heavy atom. The van der Waals surface area contributed by atoms with Crippen LogP contribution in [0.5, 0.6) is 6.08 Å². The van der Waals surface area contributed by atoms with E-state index in [9.17, 15) is 4.79 Å². The van der Waals surface area contributed by atoms with Crippen molar-refractivity contribution < 1.29 is 19.1 Å².